The zero-order valence-corrected chi connectivity index (χ0v) is 9.40. The van der Waals surface area contributed by atoms with Crippen LogP contribution in [0.5, 0.6) is 0 Å². The van der Waals surface area contributed by atoms with Crippen molar-refractivity contribution >= 4 is 5.97 Å². The van der Waals surface area contributed by atoms with Gasteiger partial charge in [0.25, 0.3) is 0 Å². The first-order valence-corrected chi connectivity index (χ1v) is 5.42. The van der Waals surface area contributed by atoms with E-state index in [0.717, 1.165) is 12.1 Å². The van der Waals surface area contributed by atoms with E-state index in [1.807, 2.05) is 6.07 Å². The normalized spacial score (nSPS) is 16.9. The molecule has 0 aliphatic heterocycles. The summed E-state index contributed by atoms with van der Waals surface area (Å²) in [5.41, 5.74) is 7.48. The van der Waals surface area contributed by atoms with Gasteiger partial charge in [0.2, 0.25) is 0 Å². The molecule has 0 amide bonds. The topological polar surface area (TPSA) is 65.2 Å². The van der Waals surface area contributed by atoms with Crippen LogP contribution in [0.25, 0.3) is 0 Å². The molecule has 2 rings (SSSR count). The van der Waals surface area contributed by atoms with Gasteiger partial charge in [0.1, 0.15) is 0 Å². The SMILES string of the molecule is COC(=O)c1ccc(CC2(CN)CC2)nc1. The zero-order chi connectivity index (χ0) is 11.6. The number of hydrogen-bond acceptors (Lipinski definition) is 4. The summed E-state index contributed by atoms with van der Waals surface area (Å²) in [5, 5.41) is 0. The second-order valence-electron chi connectivity index (χ2n) is 4.41. The molecule has 1 aromatic rings. The van der Waals surface area contributed by atoms with Crippen molar-refractivity contribution in [1.29, 1.82) is 0 Å². The number of hydrogen-bond donors (Lipinski definition) is 1. The number of nitrogens with two attached hydrogens (primary N) is 1. The minimum absolute atomic E-state index is 0.278. The summed E-state index contributed by atoms with van der Waals surface area (Å²) in [7, 11) is 1.36. The Bertz CT molecular complexity index is 383. The minimum atomic E-state index is -0.348. The fraction of sp³-hybridized carbons (Fsp3) is 0.500. The van der Waals surface area contributed by atoms with Crippen molar-refractivity contribution in [3.63, 3.8) is 0 Å². The summed E-state index contributed by atoms with van der Waals surface area (Å²) >= 11 is 0. The van der Waals surface area contributed by atoms with E-state index in [1.54, 1.807) is 12.3 Å². The van der Waals surface area contributed by atoms with E-state index in [9.17, 15) is 4.79 Å². The molecule has 1 aliphatic carbocycles. The van der Waals surface area contributed by atoms with Gasteiger partial charge in [-0.3, -0.25) is 4.98 Å². The van der Waals surface area contributed by atoms with Gasteiger partial charge in [0.15, 0.2) is 0 Å². The van der Waals surface area contributed by atoms with Gasteiger partial charge < -0.3 is 10.5 Å². The first-order chi connectivity index (χ1) is 7.69. The van der Waals surface area contributed by atoms with Crippen LogP contribution in [0.4, 0.5) is 0 Å². The van der Waals surface area contributed by atoms with E-state index < -0.39 is 0 Å². The molecular weight excluding hydrogens is 204 g/mol. The van der Waals surface area contributed by atoms with Crippen LogP contribution in [0.2, 0.25) is 0 Å². The molecule has 0 spiro atoms. The van der Waals surface area contributed by atoms with Gasteiger partial charge in [-0.15, -0.1) is 0 Å². The van der Waals surface area contributed by atoms with Crippen molar-refractivity contribution in [3.8, 4) is 0 Å². The van der Waals surface area contributed by atoms with Gasteiger partial charge in [-0.2, -0.15) is 0 Å². The molecule has 86 valence electrons. The third-order valence-corrected chi connectivity index (χ3v) is 3.19. The van der Waals surface area contributed by atoms with Gasteiger partial charge >= 0.3 is 5.97 Å². The molecule has 0 unspecified atom stereocenters. The Morgan fingerprint density at radius 1 is 1.56 bits per heavy atom. The molecule has 0 radical (unpaired) electrons. The Kier molecular flexibility index (Phi) is 2.92. The fourth-order valence-corrected chi connectivity index (χ4v) is 1.78. The first kappa shape index (κ1) is 11.1. The summed E-state index contributed by atoms with van der Waals surface area (Å²) in [5.74, 6) is -0.348. The largest absolute Gasteiger partial charge is 0.465 e. The smallest absolute Gasteiger partial charge is 0.339 e. The third-order valence-electron chi connectivity index (χ3n) is 3.19. The van der Waals surface area contributed by atoms with E-state index in [-0.39, 0.29) is 11.4 Å². The lowest BCUT2D eigenvalue weighted by molar-refractivity contribution is 0.0600. The molecule has 1 saturated carbocycles. The van der Waals surface area contributed by atoms with Gasteiger partial charge in [-0.1, -0.05) is 0 Å². The molecule has 2 N–H and O–H groups in total. The monoisotopic (exact) mass is 220 g/mol. The number of nitrogens with zero attached hydrogens (tertiary/aromatic N) is 1. The summed E-state index contributed by atoms with van der Waals surface area (Å²) < 4.78 is 4.61. The van der Waals surface area contributed by atoms with Crippen molar-refractivity contribution in [2.45, 2.75) is 19.3 Å². The summed E-state index contributed by atoms with van der Waals surface area (Å²) in [6.07, 6.45) is 4.84. The van der Waals surface area contributed by atoms with Gasteiger partial charge in [0, 0.05) is 11.9 Å². The Morgan fingerprint density at radius 3 is 2.75 bits per heavy atom. The fourth-order valence-electron chi connectivity index (χ4n) is 1.78. The summed E-state index contributed by atoms with van der Waals surface area (Å²) in [6, 6.07) is 3.63. The molecule has 0 bridgehead atoms. The van der Waals surface area contributed by atoms with Crippen LogP contribution in [-0.4, -0.2) is 24.6 Å². The van der Waals surface area contributed by atoms with Crippen LogP contribution in [0.1, 0.15) is 28.9 Å². The van der Waals surface area contributed by atoms with Crippen LogP contribution in [0, 0.1) is 5.41 Å². The maximum absolute atomic E-state index is 11.2. The molecule has 0 saturated heterocycles. The maximum Gasteiger partial charge on any atom is 0.339 e. The minimum Gasteiger partial charge on any atom is -0.465 e. The molecular formula is C12H16N2O2. The van der Waals surface area contributed by atoms with Gasteiger partial charge in [-0.25, -0.2) is 4.79 Å². The summed E-state index contributed by atoms with van der Waals surface area (Å²) in [4.78, 5) is 15.5. The van der Waals surface area contributed by atoms with Gasteiger partial charge in [0.05, 0.1) is 12.7 Å². The number of rotatable bonds is 4. The van der Waals surface area contributed by atoms with E-state index in [1.165, 1.54) is 20.0 Å². The van der Waals surface area contributed by atoms with Crippen molar-refractivity contribution in [2.24, 2.45) is 11.1 Å². The number of carbonyl (C=O) groups excluding carboxylic acids is 1. The number of aromatic nitrogens is 1. The first-order valence-electron chi connectivity index (χ1n) is 5.42. The number of carbonyl (C=O) groups is 1. The van der Waals surface area contributed by atoms with Crippen LogP contribution in [-0.2, 0) is 11.2 Å². The van der Waals surface area contributed by atoms with Crippen LogP contribution in [0.3, 0.4) is 0 Å². The number of ether oxygens (including phenoxy) is 1. The lowest BCUT2D eigenvalue weighted by Crippen LogP contribution is -2.18. The second kappa shape index (κ2) is 4.22. The van der Waals surface area contributed by atoms with E-state index in [4.69, 9.17) is 5.73 Å². The summed E-state index contributed by atoms with van der Waals surface area (Å²) in [6.45, 7) is 0.716. The number of esters is 1. The molecule has 1 fully saturated rings. The number of methoxy groups -OCH3 is 1. The molecule has 4 nitrogen and oxygen atoms in total. The van der Waals surface area contributed by atoms with E-state index in [0.29, 0.717) is 12.1 Å². The second-order valence-corrected chi connectivity index (χ2v) is 4.41. The standard InChI is InChI=1S/C12H16N2O2/c1-16-11(15)9-2-3-10(14-7-9)6-12(8-13)4-5-12/h2-3,7H,4-6,8,13H2,1H3. The Hall–Kier alpha value is -1.42. The average Bonchev–Trinajstić information content (AvgIpc) is 3.09. The molecule has 1 aromatic heterocycles. The molecule has 1 heterocycles. The molecule has 0 aromatic carbocycles. The van der Waals surface area contributed by atoms with E-state index >= 15 is 0 Å². The van der Waals surface area contributed by atoms with Crippen molar-refractivity contribution in [3.05, 3.63) is 29.6 Å². The van der Waals surface area contributed by atoms with Crippen LogP contribution in [0.15, 0.2) is 18.3 Å². The highest BCUT2D eigenvalue weighted by molar-refractivity contribution is 5.88. The van der Waals surface area contributed by atoms with Gasteiger partial charge in [-0.05, 0) is 43.4 Å². The Morgan fingerprint density at radius 2 is 2.31 bits per heavy atom. The van der Waals surface area contributed by atoms with Crippen LogP contribution >= 0.6 is 0 Å². The number of pyridine rings is 1. The maximum atomic E-state index is 11.2. The third kappa shape index (κ3) is 2.22. The zero-order valence-electron chi connectivity index (χ0n) is 9.40. The predicted octanol–water partition coefficient (Wildman–Crippen LogP) is 1.15. The molecule has 0 atom stereocenters. The average molecular weight is 220 g/mol. The Balaban J connectivity index is 2.05. The molecule has 1 aliphatic rings. The highest BCUT2D eigenvalue weighted by Gasteiger charge is 2.41. The van der Waals surface area contributed by atoms with Crippen molar-refractivity contribution in [2.75, 3.05) is 13.7 Å². The Labute approximate surface area is 94.8 Å². The van der Waals surface area contributed by atoms with Crippen LogP contribution < -0.4 is 5.73 Å². The lowest BCUT2D eigenvalue weighted by Gasteiger charge is -2.11. The lowest BCUT2D eigenvalue weighted by atomic mass is 10.00. The highest BCUT2D eigenvalue weighted by atomic mass is 16.5. The predicted molar refractivity (Wildman–Crippen MR) is 60.0 cm³/mol. The van der Waals surface area contributed by atoms with E-state index in [2.05, 4.69) is 9.72 Å². The highest BCUT2D eigenvalue weighted by Crippen LogP contribution is 2.46. The van der Waals surface area contributed by atoms with Crippen molar-refractivity contribution < 1.29 is 9.53 Å². The molecule has 16 heavy (non-hydrogen) atoms. The molecule has 4 heteroatoms. The van der Waals surface area contributed by atoms with Crippen molar-refractivity contribution in [1.82, 2.24) is 4.98 Å². The quantitative estimate of drug-likeness (QED) is 0.773.